The Bertz CT molecular complexity index is 371. The van der Waals surface area contributed by atoms with Crippen molar-refractivity contribution in [2.75, 3.05) is 0 Å². The first kappa shape index (κ1) is 18.5. The second-order valence-corrected chi connectivity index (χ2v) is 3.23. The fourth-order valence-corrected chi connectivity index (χ4v) is 0.785. The number of aromatic carboxylic acids is 2. The summed E-state index contributed by atoms with van der Waals surface area (Å²) in [5.74, 6) is -2.25. The molecule has 0 atom stereocenters. The molecule has 1 rings (SSSR count). The molecule has 1 aromatic rings. The second kappa shape index (κ2) is 10.3. The summed E-state index contributed by atoms with van der Waals surface area (Å²) in [7, 11) is 0. The van der Waals surface area contributed by atoms with Crippen LogP contribution in [0.2, 0.25) is 0 Å². The Morgan fingerprint density at radius 1 is 1.18 bits per heavy atom. The van der Waals surface area contributed by atoms with Gasteiger partial charge in [0.1, 0.15) is 0 Å². The largest absolute Gasteiger partial charge is 1.00 e. The first-order valence-corrected chi connectivity index (χ1v) is 5.31. The van der Waals surface area contributed by atoms with Crippen LogP contribution in [0.15, 0.2) is 34.5 Å². The molecule has 17 heavy (non-hydrogen) atoms. The van der Waals surface area contributed by atoms with Crippen LogP contribution in [0, 0.1) is 0 Å². The van der Waals surface area contributed by atoms with Crippen molar-refractivity contribution in [3.63, 3.8) is 0 Å². The first-order valence-electron chi connectivity index (χ1n) is 4.50. The van der Waals surface area contributed by atoms with Crippen LogP contribution in [0.1, 0.15) is 27.6 Å². The van der Waals surface area contributed by atoms with Crippen molar-refractivity contribution in [2.24, 2.45) is 0 Å². The standard InChI is InChI=1S/C8H6O4.C3H5.BrH.Mg/c9-7(10)5-2-1-3-6(4-5)8(11)12;1-3-2;;/h1-4H,(H,9,10)(H,11,12);1,3H,2H3;1H;/q;;;+1/p-1. The topological polar surface area (TPSA) is 74.6 Å². The average Bonchev–Trinajstić information content (AvgIpc) is 2.29. The normalized spacial score (nSPS) is 8.88. The van der Waals surface area contributed by atoms with Crippen LogP contribution in [0.3, 0.4) is 0 Å². The molecule has 0 heterocycles. The molecule has 2 N–H and O–H groups in total. The van der Waals surface area contributed by atoms with Crippen molar-refractivity contribution in [1.82, 2.24) is 0 Å². The van der Waals surface area contributed by atoms with Crippen molar-refractivity contribution >= 4 is 33.6 Å². The van der Waals surface area contributed by atoms with Gasteiger partial charge in [0.25, 0.3) is 0 Å². The fraction of sp³-hybridized carbons (Fsp3) is 0.0909. The van der Waals surface area contributed by atoms with E-state index < -0.39 is 11.9 Å². The molecule has 0 radical (unpaired) electrons. The minimum absolute atomic E-state index is 0. The summed E-state index contributed by atoms with van der Waals surface area (Å²) >= 11 is 1.84. The van der Waals surface area contributed by atoms with Crippen molar-refractivity contribution in [2.45, 2.75) is 6.92 Å². The molecule has 0 saturated heterocycles. The molecule has 0 spiro atoms. The van der Waals surface area contributed by atoms with E-state index in [2.05, 4.69) is 0 Å². The number of benzene rings is 1. The van der Waals surface area contributed by atoms with E-state index in [0.29, 0.717) is 0 Å². The van der Waals surface area contributed by atoms with Gasteiger partial charge in [0.05, 0.1) is 11.1 Å². The Morgan fingerprint density at radius 3 is 1.76 bits per heavy atom. The molecular weight excluding hydrogens is 300 g/mol. The van der Waals surface area contributed by atoms with Gasteiger partial charge in [-0.2, -0.15) is 0 Å². The molecule has 0 fully saturated rings. The number of carboxylic acid groups (broad SMARTS) is 2. The van der Waals surface area contributed by atoms with Gasteiger partial charge in [-0.25, -0.2) is 9.59 Å². The van der Waals surface area contributed by atoms with E-state index in [4.69, 9.17) is 10.2 Å². The zero-order chi connectivity index (χ0) is 12.6. The minimum Gasteiger partial charge on any atom is -1.00 e. The van der Waals surface area contributed by atoms with Gasteiger partial charge in [-0.3, -0.25) is 0 Å². The summed E-state index contributed by atoms with van der Waals surface area (Å²) in [5.41, 5.74) is -0.0372. The Balaban J connectivity index is 0. The SMILES string of the molecule is CC=[CH][Mg+].O=C(O)c1cccc(C(=O)O)c1.[Br-]. The minimum atomic E-state index is -1.13. The third-order valence-corrected chi connectivity index (χ3v) is 2.06. The van der Waals surface area contributed by atoms with E-state index in [1.807, 2.05) is 38.9 Å². The number of carbonyl (C=O) groups is 2. The molecule has 88 valence electrons. The number of halogens is 1. The summed E-state index contributed by atoms with van der Waals surface area (Å²) in [6, 6.07) is 5.20. The molecule has 4 nitrogen and oxygen atoms in total. The molecular formula is C11H11BrMgO4. The molecule has 0 amide bonds. The van der Waals surface area contributed by atoms with Gasteiger partial charge < -0.3 is 27.2 Å². The van der Waals surface area contributed by atoms with Gasteiger partial charge in [0.15, 0.2) is 0 Å². The Hall–Kier alpha value is -0.854. The third kappa shape index (κ3) is 7.95. The Labute approximate surface area is 123 Å². The van der Waals surface area contributed by atoms with Crippen molar-refractivity contribution in [3.05, 3.63) is 45.7 Å². The van der Waals surface area contributed by atoms with Gasteiger partial charge in [0, 0.05) is 0 Å². The first-order chi connectivity index (χ1) is 7.52. The van der Waals surface area contributed by atoms with Crippen LogP contribution in [0.5, 0.6) is 0 Å². The van der Waals surface area contributed by atoms with E-state index in [9.17, 15) is 9.59 Å². The van der Waals surface area contributed by atoms with Gasteiger partial charge >= 0.3 is 50.9 Å². The molecule has 0 aliphatic carbocycles. The summed E-state index contributed by atoms with van der Waals surface area (Å²) in [6.07, 6.45) is 2.01. The Kier molecular flexibility index (Phi) is 11.2. The van der Waals surface area contributed by atoms with Gasteiger partial charge in [-0.1, -0.05) is 6.07 Å². The molecule has 0 aliphatic rings. The summed E-state index contributed by atoms with van der Waals surface area (Å²) in [4.78, 5) is 20.8. The van der Waals surface area contributed by atoms with Crippen LogP contribution in [-0.2, 0) is 0 Å². The van der Waals surface area contributed by atoms with E-state index in [1.54, 1.807) is 0 Å². The van der Waals surface area contributed by atoms with Crippen LogP contribution in [0.25, 0.3) is 0 Å². The number of hydrogen-bond donors (Lipinski definition) is 2. The van der Waals surface area contributed by atoms with Crippen LogP contribution in [-0.4, -0.2) is 43.9 Å². The predicted octanol–water partition coefficient (Wildman–Crippen LogP) is -1.22. The van der Waals surface area contributed by atoms with E-state index >= 15 is 0 Å². The molecule has 0 aromatic heterocycles. The van der Waals surface area contributed by atoms with Crippen molar-refractivity contribution in [3.8, 4) is 0 Å². The van der Waals surface area contributed by atoms with E-state index in [1.165, 1.54) is 18.2 Å². The predicted molar refractivity (Wildman–Crippen MR) is 60.9 cm³/mol. The maximum absolute atomic E-state index is 10.4. The molecule has 0 unspecified atom stereocenters. The second-order valence-electron chi connectivity index (χ2n) is 2.76. The maximum atomic E-state index is 10.4. The van der Waals surface area contributed by atoms with Crippen molar-refractivity contribution < 1.29 is 36.8 Å². The maximum Gasteiger partial charge on any atom is 0.335 e. The summed E-state index contributed by atoms with van der Waals surface area (Å²) in [6.45, 7) is 2.01. The van der Waals surface area contributed by atoms with Crippen LogP contribution < -0.4 is 17.0 Å². The molecule has 1 aromatic carbocycles. The number of allylic oxidation sites excluding steroid dienone is 1. The van der Waals surface area contributed by atoms with Gasteiger partial charge in [-0.05, 0) is 18.2 Å². The average molecular weight is 311 g/mol. The zero-order valence-electron chi connectivity index (χ0n) is 9.26. The Morgan fingerprint density at radius 2 is 1.53 bits per heavy atom. The van der Waals surface area contributed by atoms with E-state index in [0.717, 1.165) is 6.07 Å². The molecule has 0 aliphatic heterocycles. The quantitative estimate of drug-likeness (QED) is 0.671. The number of carboxylic acids is 2. The van der Waals surface area contributed by atoms with Crippen LogP contribution in [0.4, 0.5) is 0 Å². The summed E-state index contributed by atoms with van der Waals surface area (Å²) in [5, 5.41) is 17.0. The molecule has 6 heteroatoms. The van der Waals surface area contributed by atoms with Crippen LogP contribution >= 0.6 is 0 Å². The van der Waals surface area contributed by atoms with Gasteiger partial charge in [-0.15, -0.1) is 0 Å². The third-order valence-electron chi connectivity index (χ3n) is 1.59. The zero-order valence-corrected chi connectivity index (χ0v) is 12.3. The fourth-order valence-electron chi connectivity index (χ4n) is 0.785. The number of rotatable bonds is 2. The monoisotopic (exact) mass is 310 g/mol. The number of hydrogen-bond acceptors (Lipinski definition) is 2. The summed E-state index contributed by atoms with van der Waals surface area (Å²) < 4.78 is 2.03. The van der Waals surface area contributed by atoms with Crippen molar-refractivity contribution in [1.29, 1.82) is 0 Å². The molecule has 0 bridgehead atoms. The molecule has 0 saturated carbocycles. The van der Waals surface area contributed by atoms with E-state index in [-0.39, 0.29) is 28.1 Å². The van der Waals surface area contributed by atoms with Gasteiger partial charge in [0.2, 0.25) is 0 Å². The smallest absolute Gasteiger partial charge is 0.335 e.